The van der Waals surface area contributed by atoms with Gasteiger partial charge in [0.1, 0.15) is 0 Å². The van der Waals surface area contributed by atoms with Gasteiger partial charge in [-0.3, -0.25) is 0 Å². The summed E-state index contributed by atoms with van der Waals surface area (Å²) in [6.45, 7) is 6.44. The van der Waals surface area contributed by atoms with Crippen LogP contribution >= 0.6 is 0 Å². The van der Waals surface area contributed by atoms with Crippen LogP contribution in [0.1, 0.15) is 24.0 Å². The summed E-state index contributed by atoms with van der Waals surface area (Å²) in [5.74, 6) is 0. The van der Waals surface area contributed by atoms with Gasteiger partial charge in [-0.15, -0.1) is 0 Å². The van der Waals surface area contributed by atoms with Gasteiger partial charge >= 0.3 is 0 Å². The fourth-order valence-corrected chi connectivity index (χ4v) is 2.45. The van der Waals surface area contributed by atoms with Crippen LogP contribution in [0.3, 0.4) is 0 Å². The van der Waals surface area contributed by atoms with Gasteiger partial charge in [0, 0.05) is 25.3 Å². The Morgan fingerprint density at radius 3 is 2.53 bits per heavy atom. The Bertz CT molecular complexity index is 395. The summed E-state index contributed by atoms with van der Waals surface area (Å²) >= 11 is 0. The highest BCUT2D eigenvalue weighted by atomic mass is 16.3. The van der Waals surface area contributed by atoms with Crippen molar-refractivity contribution in [2.45, 2.75) is 32.3 Å². The summed E-state index contributed by atoms with van der Waals surface area (Å²) < 4.78 is 0. The first-order valence-electron chi connectivity index (χ1n) is 6.29. The molecule has 0 bridgehead atoms. The number of nitrogens with zero attached hydrogens (tertiary/aromatic N) is 1. The topological polar surface area (TPSA) is 49.5 Å². The summed E-state index contributed by atoms with van der Waals surface area (Å²) in [5, 5.41) is 10.1. The van der Waals surface area contributed by atoms with Crippen LogP contribution in [0.25, 0.3) is 0 Å². The molecule has 1 aromatic rings. The van der Waals surface area contributed by atoms with Gasteiger partial charge in [-0.25, -0.2) is 0 Å². The van der Waals surface area contributed by atoms with E-state index in [0.717, 1.165) is 25.9 Å². The maximum absolute atomic E-state index is 10.1. The van der Waals surface area contributed by atoms with Gasteiger partial charge in [0.2, 0.25) is 0 Å². The Kier molecular flexibility index (Phi) is 3.40. The number of hydrogen-bond donors (Lipinski definition) is 2. The summed E-state index contributed by atoms with van der Waals surface area (Å²) in [6, 6.07) is 6.40. The van der Waals surface area contributed by atoms with E-state index in [-0.39, 0.29) is 0 Å². The minimum Gasteiger partial charge on any atom is -0.388 e. The van der Waals surface area contributed by atoms with Gasteiger partial charge in [-0.2, -0.15) is 0 Å². The predicted molar refractivity (Wildman–Crippen MR) is 71.4 cm³/mol. The first kappa shape index (κ1) is 12.4. The molecule has 2 rings (SSSR count). The highest BCUT2D eigenvalue weighted by Crippen LogP contribution is 2.28. The zero-order valence-corrected chi connectivity index (χ0v) is 10.7. The van der Waals surface area contributed by atoms with Crippen molar-refractivity contribution in [2.75, 3.05) is 24.5 Å². The first-order valence-corrected chi connectivity index (χ1v) is 6.29. The number of aryl methyl sites for hydroxylation is 1. The molecule has 0 radical (unpaired) electrons. The van der Waals surface area contributed by atoms with E-state index in [2.05, 4.69) is 36.9 Å². The molecule has 3 nitrogen and oxygen atoms in total. The summed E-state index contributed by atoms with van der Waals surface area (Å²) in [5.41, 5.74) is 8.92. The van der Waals surface area contributed by atoms with Gasteiger partial charge in [0.15, 0.2) is 0 Å². The molecule has 3 N–H and O–H groups in total. The van der Waals surface area contributed by atoms with Crippen LogP contribution in [0, 0.1) is 13.8 Å². The quantitative estimate of drug-likeness (QED) is 0.817. The molecule has 0 unspecified atom stereocenters. The number of hydrogen-bond acceptors (Lipinski definition) is 3. The maximum Gasteiger partial charge on any atom is 0.0803 e. The molecule has 1 aliphatic heterocycles. The van der Waals surface area contributed by atoms with Gasteiger partial charge in [0.25, 0.3) is 0 Å². The van der Waals surface area contributed by atoms with Crippen LogP contribution in [0.2, 0.25) is 0 Å². The molecule has 0 aromatic heterocycles. The van der Waals surface area contributed by atoms with Crippen molar-refractivity contribution < 1.29 is 5.11 Å². The van der Waals surface area contributed by atoms with E-state index in [0.29, 0.717) is 6.54 Å². The molecule has 0 atom stereocenters. The molecule has 94 valence electrons. The van der Waals surface area contributed by atoms with Gasteiger partial charge < -0.3 is 15.7 Å². The first-order chi connectivity index (χ1) is 8.06. The van der Waals surface area contributed by atoms with Crippen molar-refractivity contribution in [3.8, 4) is 0 Å². The third-order valence-corrected chi connectivity index (χ3v) is 3.99. The zero-order valence-electron chi connectivity index (χ0n) is 10.7. The van der Waals surface area contributed by atoms with Gasteiger partial charge in [-0.1, -0.05) is 12.1 Å². The van der Waals surface area contributed by atoms with Gasteiger partial charge in [-0.05, 0) is 43.9 Å². The monoisotopic (exact) mass is 234 g/mol. The zero-order chi connectivity index (χ0) is 12.5. The number of nitrogens with two attached hydrogens (primary N) is 1. The minimum atomic E-state index is -0.645. The van der Waals surface area contributed by atoms with E-state index in [1.54, 1.807) is 0 Å². The van der Waals surface area contributed by atoms with E-state index < -0.39 is 5.60 Å². The number of anilines is 1. The van der Waals surface area contributed by atoms with E-state index >= 15 is 0 Å². The number of benzene rings is 1. The normalized spacial score (nSPS) is 19.4. The molecule has 1 aliphatic rings. The molecular formula is C14H22N2O. The lowest BCUT2D eigenvalue weighted by molar-refractivity contribution is 0.0250. The van der Waals surface area contributed by atoms with E-state index in [1.807, 2.05) is 0 Å². The standard InChI is InChI=1S/C14H22N2O/c1-11-4-3-5-13(12(11)2)16-8-6-14(17,10-15)7-9-16/h3-5,17H,6-10,15H2,1-2H3. The fraction of sp³-hybridized carbons (Fsp3) is 0.571. The Labute approximate surface area is 103 Å². The number of rotatable bonds is 2. The van der Waals surface area contributed by atoms with Crippen molar-refractivity contribution in [3.63, 3.8) is 0 Å². The highest BCUT2D eigenvalue weighted by Gasteiger charge is 2.31. The molecule has 0 amide bonds. The minimum absolute atomic E-state index is 0.369. The van der Waals surface area contributed by atoms with Crippen molar-refractivity contribution in [3.05, 3.63) is 29.3 Å². The largest absolute Gasteiger partial charge is 0.388 e. The Balaban J connectivity index is 2.13. The number of aliphatic hydroxyl groups is 1. The molecule has 1 fully saturated rings. The second-order valence-electron chi connectivity index (χ2n) is 5.13. The molecular weight excluding hydrogens is 212 g/mol. The molecule has 1 saturated heterocycles. The van der Waals surface area contributed by atoms with E-state index in [1.165, 1.54) is 16.8 Å². The summed E-state index contributed by atoms with van der Waals surface area (Å²) in [7, 11) is 0. The lowest BCUT2D eigenvalue weighted by Crippen LogP contribution is -2.48. The van der Waals surface area contributed by atoms with Crippen molar-refractivity contribution >= 4 is 5.69 Å². The molecule has 3 heteroatoms. The molecule has 17 heavy (non-hydrogen) atoms. The second kappa shape index (κ2) is 4.67. The Morgan fingerprint density at radius 1 is 1.29 bits per heavy atom. The Morgan fingerprint density at radius 2 is 1.94 bits per heavy atom. The van der Waals surface area contributed by atoms with Crippen LogP contribution in [-0.4, -0.2) is 30.3 Å². The van der Waals surface area contributed by atoms with Crippen LogP contribution < -0.4 is 10.6 Å². The lowest BCUT2D eigenvalue weighted by Gasteiger charge is -2.39. The fourth-order valence-electron chi connectivity index (χ4n) is 2.45. The van der Waals surface area contributed by atoms with Crippen LogP contribution in [0.15, 0.2) is 18.2 Å². The smallest absolute Gasteiger partial charge is 0.0803 e. The van der Waals surface area contributed by atoms with Crippen molar-refractivity contribution in [1.82, 2.24) is 0 Å². The van der Waals surface area contributed by atoms with Crippen molar-refractivity contribution in [1.29, 1.82) is 0 Å². The van der Waals surface area contributed by atoms with Crippen LogP contribution in [-0.2, 0) is 0 Å². The SMILES string of the molecule is Cc1cccc(N2CCC(O)(CN)CC2)c1C. The Hall–Kier alpha value is -1.06. The maximum atomic E-state index is 10.1. The molecule has 0 saturated carbocycles. The summed E-state index contributed by atoms with van der Waals surface area (Å²) in [6.07, 6.45) is 1.52. The van der Waals surface area contributed by atoms with E-state index in [9.17, 15) is 5.11 Å². The van der Waals surface area contributed by atoms with Crippen LogP contribution in [0.4, 0.5) is 5.69 Å². The molecule has 1 heterocycles. The van der Waals surface area contributed by atoms with E-state index in [4.69, 9.17) is 5.73 Å². The third-order valence-electron chi connectivity index (χ3n) is 3.99. The third kappa shape index (κ3) is 2.45. The molecule has 1 aromatic carbocycles. The second-order valence-corrected chi connectivity index (χ2v) is 5.13. The lowest BCUT2D eigenvalue weighted by atomic mass is 9.91. The van der Waals surface area contributed by atoms with Gasteiger partial charge in [0.05, 0.1) is 5.60 Å². The predicted octanol–water partition coefficient (Wildman–Crippen LogP) is 1.59. The number of piperidine rings is 1. The molecule has 0 spiro atoms. The average molecular weight is 234 g/mol. The molecule has 0 aliphatic carbocycles. The average Bonchev–Trinajstić information content (AvgIpc) is 2.34. The van der Waals surface area contributed by atoms with Crippen molar-refractivity contribution in [2.24, 2.45) is 5.73 Å². The van der Waals surface area contributed by atoms with Crippen LogP contribution in [0.5, 0.6) is 0 Å². The highest BCUT2D eigenvalue weighted by molar-refractivity contribution is 5.56. The summed E-state index contributed by atoms with van der Waals surface area (Å²) in [4.78, 5) is 2.35.